The SMILES string of the molecule is [2H]c1c([2H])c([2H])c(-c2cccc3c2-[n+]2[c-]n(-c4[c-]c(Oc5[c-]c6c(cc5-c5cccc7[c]5[Ge]([CH3])([CH3])[CH2]C7)c5ccccc5n6-c5cc(C(C)(C)C)ccn5)ccc4)c4cccc(c42)-c2ccccc2-c2ccccc2-3)c([2H])c1[2H].[Pt]. The number of aryl methyl sites for hydroxylation is 1. The summed E-state index contributed by atoms with van der Waals surface area (Å²) < 4.78 is 59.7. The molecule has 7 heteroatoms. The van der Waals surface area contributed by atoms with E-state index < -0.39 is 31.4 Å². The molecule has 5 heterocycles. The average Bonchev–Trinajstić information content (AvgIpc) is 4.22. The van der Waals surface area contributed by atoms with Crippen LogP contribution in [0.25, 0.3) is 106 Å². The number of imidazole rings is 1. The Labute approximate surface area is 462 Å². The van der Waals surface area contributed by atoms with E-state index in [1.54, 1.807) is 0 Å². The molecule has 0 bridgehead atoms. The zero-order chi connectivity index (χ0) is 54.2. The van der Waals surface area contributed by atoms with Crippen LogP contribution < -0.4 is 13.7 Å². The second-order valence-corrected chi connectivity index (χ2v) is 31.2. The molecule has 0 amide bonds. The van der Waals surface area contributed by atoms with E-state index >= 15 is 0 Å². The van der Waals surface area contributed by atoms with Crippen molar-refractivity contribution in [2.24, 2.45) is 0 Å². The van der Waals surface area contributed by atoms with Crippen molar-refractivity contribution >= 4 is 50.5 Å². The zero-order valence-electron chi connectivity index (χ0n) is 47.1. The molecule has 75 heavy (non-hydrogen) atoms. The van der Waals surface area contributed by atoms with E-state index in [0.29, 0.717) is 28.4 Å². The fourth-order valence-corrected chi connectivity index (χ4v) is 18.4. The van der Waals surface area contributed by atoms with Gasteiger partial charge >= 0.3 is 295 Å². The maximum atomic E-state index is 9.29. The van der Waals surface area contributed by atoms with Gasteiger partial charge in [-0.1, -0.05) is 103 Å². The third-order valence-corrected chi connectivity index (χ3v) is 22.5. The van der Waals surface area contributed by atoms with Gasteiger partial charge in [0.1, 0.15) is 0 Å². The zero-order valence-corrected chi connectivity index (χ0v) is 46.5. The van der Waals surface area contributed by atoms with E-state index in [9.17, 15) is 2.74 Å². The molecule has 9 aromatic carbocycles. The molecule has 14 rings (SSSR count). The van der Waals surface area contributed by atoms with Gasteiger partial charge in [-0.15, -0.1) is 0 Å². The Balaban J connectivity index is 0.00000605. The molecular weight excluding hydrogens is 1160 g/mol. The Kier molecular flexibility index (Phi) is 10.1. The number of hydrogen-bond donors (Lipinski definition) is 0. The second-order valence-electron chi connectivity index (χ2n) is 21.2. The van der Waals surface area contributed by atoms with E-state index in [1.165, 1.54) is 26.3 Å². The van der Waals surface area contributed by atoms with Gasteiger partial charge in [0.25, 0.3) is 0 Å². The van der Waals surface area contributed by atoms with Gasteiger partial charge < -0.3 is 0 Å². The van der Waals surface area contributed by atoms with Crippen molar-refractivity contribution < 1.29 is 37.2 Å². The summed E-state index contributed by atoms with van der Waals surface area (Å²) in [5.74, 6) is 6.93. The number of aromatic nitrogens is 4. The average molecular weight is 1210 g/mol. The number of pyridine rings is 1. The van der Waals surface area contributed by atoms with Gasteiger partial charge in [-0.2, -0.15) is 0 Å². The minimum Gasteiger partial charge on any atom is -0.0617 e. The van der Waals surface area contributed by atoms with Crippen LogP contribution in [0.3, 0.4) is 0 Å². The molecular formula is C68H52GeN4OPt-2. The van der Waals surface area contributed by atoms with Crippen LogP contribution in [0.1, 0.15) is 38.8 Å². The van der Waals surface area contributed by atoms with Gasteiger partial charge in [-0.3, -0.25) is 0 Å². The van der Waals surface area contributed by atoms with Crippen molar-refractivity contribution in [1.29, 1.82) is 0 Å². The third kappa shape index (κ3) is 7.69. The monoisotopic (exact) mass is 1210 g/mol. The van der Waals surface area contributed by atoms with Crippen LogP contribution >= 0.6 is 0 Å². The summed E-state index contributed by atoms with van der Waals surface area (Å²) in [6.45, 7) is 6.67. The Morgan fingerprint density at radius 1 is 0.627 bits per heavy atom. The van der Waals surface area contributed by atoms with Crippen LogP contribution in [0.2, 0.25) is 16.8 Å². The van der Waals surface area contributed by atoms with Crippen molar-refractivity contribution in [3.63, 3.8) is 0 Å². The molecule has 0 saturated heterocycles. The summed E-state index contributed by atoms with van der Waals surface area (Å²) in [7, 11) is 0. The Hall–Kier alpha value is -7.57. The number of para-hydroxylation sites is 3. The first-order chi connectivity index (χ1) is 38.2. The first kappa shape index (κ1) is 41.7. The molecule has 0 atom stereocenters. The van der Waals surface area contributed by atoms with Crippen molar-refractivity contribution in [3.05, 3.63) is 230 Å². The number of ether oxygens (including phenoxy) is 1. The molecule has 0 N–H and O–H groups in total. The number of nitrogens with zero attached hydrogens (tertiary/aromatic N) is 4. The molecule has 2 aliphatic rings. The maximum Gasteiger partial charge on any atom is 0.0629 e. The smallest absolute Gasteiger partial charge is 0.0617 e. The molecule has 0 unspecified atom stereocenters. The second kappa shape index (κ2) is 18.1. The molecule has 366 valence electrons. The van der Waals surface area contributed by atoms with Gasteiger partial charge in [0.15, 0.2) is 0 Å². The molecule has 2 aliphatic heterocycles. The maximum absolute atomic E-state index is 9.29. The van der Waals surface area contributed by atoms with Crippen LogP contribution in [0.4, 0.5) is 0 Å². The van der Waals surface area contributed by atoms with Crippen LogP contribution in [0.15, 0.2) is 200 Å². The number of benzene rings is 9. The standard InChI is InChI=1S/C68H52GeN4O.Pt/c1-68(2,3)46-36-38-70-64(39-46)73-60-33-14-13-28-54(60)58-41-59(55-30-15-21-45-35-37-69(4,5)65(45)55)63(42-62(58)73)74-48-23-16-22-47(40-48)71-43-72-66-49(44-19-7-6-8-20-44)29-17-31-56(66)52-26-11-9-24-50(52)51-25-10-12-27-53(51)57-32-18-34-61(71)67(57)72;/h6-34,36,38-39,41H,35,37H2,1-5H3;/q-2;/i6D,7D,8D,19D,20D;. The van der Waals surface area contributed by atoms with E-state index in [0.717, 1.165) is 84.0 Å². The van der Waals surface area contributed by atoms with Gasteiger partial charge in [0.2, 0.25) is 0 Å². The summed E-state index contributed by atoms with van der Waals surface area (Å²) in [5.41, 5.74) is 15.8. The third-order valence-electron chi connectivity index (χ3n) is 15.3. The van der Waals surface area contributed by atoms with Crippen LogP contribution in [0.5, 0.6) is 11.5 Å². The molecule has 5 nitrogen and oxygen atoms in total. The predicted molar refractivity (Wildman–Crippen MR) is 305 cm³/mol. The van der Waals surface area contributed by atoms with Crippen LogP contribution in [0, 0.1) is 18.5 Å². The molecule has 3 aromatic heterocycles. The summed E-state index contributed by atoms with van der Waals surface area (Å²) in [6.07, 6.45) is 6.76. The molecule has 12 aromatic rings. The predicted octanol–water partition coefficient (Wildman–Crippen LogP) is 16.0. The van der Waals surface area contributed by atoms with E-state index in [1.807, 2.05) is 63.9 Å². The minimum absolute atomic E-state index is 0. The number of fused-ring (bicyclic) bond motifs is 11. The fraction of sp³-hybridized carbons (Fsp3) is 0.118. The summed E-state index contributed by atoms with van der Waals surface area (Å²) in [6, 6.07) is 62.3. The quantitative estimate of drug-likeness (QED) is 0.0945. The van der Waals surface area contributed by atoms with E-state index in [4.69, 9.17) is 13.8 Å². The van der Waals surface area contributed by atoms with E-state index in [2.05, 4.69) is 171 Å². The van der Waals surface area contributed by atoms with E-state index in [-0.39, 0.29) is 44.1 Å². The summed E-state index contributed by atoms with van der Waals surface area (Å²) in [4.78, 5) is 5.00. The Morgan fingerprint density at radius 3 is 2.05 bits per heavy atom. The van der Waals surface area contributed by atoms with Gasteiger partial charge in [0, 0.05) is 21.1 Å². The number of rotatable bonds is 6. The topological polar surface area (TPSA) is 35.9 Å². The van der Waals surface area contributed by atoms with Crippen molar-refractivity contribution in [2.75, 3.05) is 0 Å². The minimum atomic E-state index is -2.46. The van der Waals surface area contributed by atoms with Crippen molar-refractivity contribution in [2.45, 2.75) is 49.4 Å². The summed E-state index contributed by atoms with van der Waals surface area (Å²) >= 11 is -2.46. The van der Waals surface area contributed by atoms with Crippen molar-refractivity contribution in [3.8, 4) is 84.3 Å². The Morgan fingerprint density at radius 2 is 1.27 bits per heavy atom. The van der Waals surface area contributed by atoms with Crippen LogP contribution in [-0.2, 0) is 32.9 Å². The fourth-order valence-electron chi connectivity index (χ4n) is 11.8. The first-order valence-corrected chi connectivity index (χ1v) is 32.1. The molecule has 0 aliphatic carbocycles. The van der Waals surface area contributed by atoms with Crippen molar-refractivity contribution in [1.82, 2.24) is 14.1 Å². The van der Waals surface area contributed by atoms with Gasteiger partial charge in [0.05, 0.1) is 6.85 Å². The largest absolute Gasteiger partial charge is 0.0629 e. The van der Waals surface area contributed by atoms with Gasteiger partial charge in [-0.05, 0) is 38.9 Å². The normalized spacial score (nSPS) is 14.2. The summed E-state index contributed by atoms with van der Waals surface area (Å²) in [5, 5.41) is 3.40. The molecule has 0 spiro atoms. The molecule has 0 fully saturated rings. The molecule has 0 saturated carbocycles. The number of hydrogen-bond acceptors (Lipinski definition) is 2. The van der Waals surface area contributed by atoms with Gasteiger partial charge in [-0.25, -0.2) is 0 Å². The molecule has 0 radical (unpaired) electrons. The first-order valence-electron chi connectivity index (χ1n) is 27.8. The van der Waals surface area contributed by atoms with Crippen LogP contribution in [-0.4, -0.2) is 27.4 Å². The Bertz CT molecular complexity index is 4550.